The van der Waals surface area contributed by atoms with Crippen LogP contribution in [0.15, 0.2) is 41.0 Å². The van der Waals surface area contributed by atoms with E-state index < -0.39 is 0 Å². The second kappa shape index (κ2) is 4.26. The summed E-state index contributed by atoms with van der Waals surface area (Å²) in [5.74, 6) is 0.365. The summed E-state index contributed by atoms with van der Waals surface area (Å²) in [6, 6.07) is 9.31. The van der Waals surface area contributed by atoms with Crippen LogP contribution >= 0.6 is 27.5 Å². The number of benzene rings is 1. The Bertz CT molecular complexity index is 738. The molecule has 90 valence electrons. The molecule has 2 aromatic heterocycles. The highest BCUT2D eigenvalue weighted by Gasteiger charge is 2.13. The summed E-state index contributed by atoms with van der Waals surface area (Å²) in [5, 5.41) is 0.605. The number of nitrogens with two attached hydrogens (primary N) is 1. The van der Waals surface area contributed by atoms with Gasteiger partial charge >= 0.3 is 0 Å². The second-order valence-electron chi connectivity index (χ2n) is 3.75. The van der Waals surface area contributed by atoms with Crippen molar-refractivity contribution >= 4 is 44.6 Å². The highest BCUT2D eigenvalue weighted by Crippen LogP contribution is 2.27. The predicted octanol–water partition coefficient (Wildman–Crippen LogP) is 3.42. The van der Waals surface area contributed by atoms with E-state index in [-0.39, 0.29) is 0 Å². The summed E-state index contributed by atoms with van der Waals surface area (Å²) in [5.41, 5.74) is 8.12. The Morgan fingerprint density at radius 2 is 2.06 bits per heavy atom. The Labute approximate surface area is 117 Å². The number of rotatable bonds is 1. The van der Waals surface area contributed by atoms with Crippen molar-refractivity contribution in [3.05, 3.63) is 46.0 Å². The molecule has 0 fully saturated rings. The molecule has 3 rings (SSSR count). The van der Waals surface area contributed by atoms with Crippen molar-refractivity contribution in [2.75, 3.05) is 5.73 Å². The lowest BCUT2D eigenvalue weighted by atomic mass is 10.3. The number of aromatic nitrogens is 3. The van der Waals surface area contributed by atoms with Crippen LogP contribution in [0.5, 0.6) is 0 Å². The Balaban J connectivity index is 2.36. The Morgan fingerprint density at radius 1 is 1.28 bits per heavy atom. The number of nitrogen functional groups attached to an aromatic ring is 1. The molecule has 4 nitrogen and oxygen atoms in total. The summed E-state index contributed by atoms with van der Waals surface area (Å²) in [4.78, 5) is 8.61. The molecule has 0 bridgehead atoms. The minimum absolute atomic E-state index is 0.365. The first-order chi connectivity index (χ1) is 8.66. The van der Waals surface area contributed by atoms with Crippen molar-refractivity contribution in [1.82, 2.24) is 14.5 Å². The zero-order valence-corrected chi connectivity index (χ0v) is 11.5. The zero-order chi connectivity index (χ0) is 12.7. The summed E-state index contributed by atoms with van der Waals surface area (Å²) in [7, 11) is 0. The molecule has 3 aromatic rings. The van der Waals surface area contributed by atoms with E-state index in [1.165, 1.54) is 0 Å². The fourth-order valence-corrected chi connectivity index (χ4v) is 2.37. The van der Waals surface area contributed by atoms with Crippen LogP contribution in [0, 0.1) is 0 Å². The molecule has 0 radical (unpaired) electrons. The number of halogens is 2. The van der Waals surface area contributed by atoms with Gasteiger partial charge in [-0.15, -0.1) is 0 Å². The molecule has 18 heavy (non-hydrogen) atoms. The van der Waals surface area contributed by atoms with Gasteiger partial charge in [0.15, 0.2) is 5.65 Å². The Morgan fingerprint density at radius 3 is 2.83 bits per heavy atom. The van der Waals surface area contributed by atoms with Crippen molar-refractivity contribution in [1.29, 1.82) is 0 Å². The van der Waals surface area contributed by atoms with E-state index in [9.17, 15) is 0 Å². The van der Waals surface area contributed by atoms with E-state index in [2.05, 4.69) is 25.9 Å². The van der Waals surface area contributed by atoms with Crippen LogP contribution in [0.3, 0.4) is 0 Å². The molecule has 0 spiro atoms. The Hall–Kier alpha value is -1.59. The third kappa shape index (κ3) is 1.76. The molecule has 2 heterocycles. The molecule has 0 atom stereocenters. The van der Waals surface area contributed by atoms with Gasteiger partial charge in [0, 0.05) is 10.7 Å². The summed E-state index contributed by atoms with van der Waals surface area (Å²) in [6.45, 7) is 0. The number of pyridine rings is 1. The van der Waals surface area contributed by atoms with E-state index >= 15 is 0 Å². The fraction of sp³-hybridized carbons (Fsp3) is 0. The second-order valence-corrected chi connectivity index (χ2v) is 5.08. The quantitative estimate of drug-likeness (QED) is 0.746. The number of nitrogens with zero attached hydrogens (tertiary/aromatic N) is 3. The number of hydrogen-bond donors (Lipinski definition) is 1. The van der Waals surface area contributed by atoms with E-state index in [4.69, 9.17) is 17.3 Å². The van der Waals surface area contributed by atoms with E-state index in [0.29, 0.717) is 16.6 Å². The maximum absolute atomic E-state index is 6.18. The average molecular weight is 324 g/mol. The lowest BCUT2D eigenvalue weighted by Crippen LogP contribution is -2.01. The molecule has 6 heteroatoms. The summed E-state index contributed by atoms with van der Waals surface area (Å²) in [6.07, 6.45) is 1.71. The molecule has 0 aliphatic heterocycles. The summed E-state index contributed by atoms with van der Waals surface area (Å²) >= 11 is 9.54. The maximum Gasteiger partial charge on any atom is 0.207 e. The molecule has 0 unspecified atom stereocenters. The minimum atomic E-state index is 0.365. The van der Waals surface area contributed by atoms with Crippen molar-refractivity contribution in [3.8, 4) is 5.69 Å². The molecule has 0 amide bonds. The van der Waals surface area contributed by atoms with Crippen LogP contribution in [-0.4, -0.2) is 14.5 Å². The van der Waals surface area contributed by atoms with Crippen molar-refractivity contribution in [2.24, 2.45) is 0 Å². The third-order valence-corrected chi connectivity index (χ3v) is 3.34. The number of imidazole rings is 1. The van der Waals surface area contributed by atoms with E-state index in [1.807, 2.05) is 24.3 Å². The summed E-state index contributed by atoms with van der Waals surface area (Å²) < 4.78 is 2.60. The minimum Gasteiger partial charge on any atom is -0.369 e. The van der Waals surface area contributed by atoms with Gasteiger partial charge in [-0.1, -0.05) is 23.7 Å². The normalized spacial score (nSPS) is 11.0. The fourth-order valence-electron chi connectivity index (χ4n) is 1.83. The van der Waals surface area contributed by atoms with Crippen molar-refractivity contribution < 1.29 is 0 Å². The highest BCUT2D eigenvalue weighted by atomic mass is 79.9. The molecular formula is C12H8BrClN4. The standard InChI is InChI=1S/C12H8BrClN4/c13-7-5-9-11(16-6-7)18(12(15)17-9)10-4-2-1-3-8(10)14/h1-6H,(H2,15,17). The van der Waals surface area contributed by atoms with Gasteiger partial charge in [0.1, 0.15) is 5.52 Å². The van der Waals surface area contributed by atoms with Gasteiger partial charge in [-0.05, 0) is 34.1 Å². The Kier molecular flexibility index (Phi) is 2.72. The highest BCUT2D eigenvalue weighted by molar-refractivity contribution is 9.10. The SMILES string of the molecule is Nc1nc2cc(Br)cnc2n1-c1ccccc1Cl. The van der Waals surface area contributed by atoms with Crippen LogP contribution < -0.4 is 5.73 Å². The van der Waals surface area contributed by atoms with Gasteiger partial charge in [0.2, 0.25) is 5.95 Å². The third-order valence-electron chi connectivity index (χ3n) is 2.58. The first kappa shape index (κ1) is 11.5. The molecule has 2 N–H and O–H groups in total. The van der Waals surface area contributed by atoms with E-state index in [0.717, 1.165) is 15.7 Å². The van der Waals surface area contributed by atoms with Crippen LogP contribution in [0.2, 0.25) is 5.02 Å². The number of fused-ring (bicyclic) bond motifs is 1. The number of anilines is 1. The van der Waals surface area contributed by atoms with Crippen molar-refractivity contribution in [2.45, 2.75) is 0 Å². The lowest BCUT2D eigenvalue weighted by Gasteiger charge is -2.07. The van der Waals surface area contributed by atoms with Gasteiger partial charge in [0.05, 0.1) is 10.7 Å². The van der Waals surface area contributed by atoms with Gasteiger partial charge in [-0.2, -0.15) is 0 Å². The number of hydrogen-bond acceptors (Lipinski definition) is 3. The largest absolute Gasteiger partial charge is 0.369 e. The van der Waals surface area contributed by atoms with Crippen LogP contribution in [-0.2, 0) is 0 Å². The number of para-hydroxylation sites is 1. The predicted molar refractivity (Wildman–Crippen MR) is 76.0 cm³/mol. The molecule has 0 saturated carbocycles. The average Bonchev–Trinajstić information content (AvgIpc) is 2.65. The smallest absolute Gasteiger partial charge is 0.207 e. The maximum atomic E-state index is 6.18. The van der Waals surface area contributed by atoms with Crippen LogP contribution in [0.4, 0.5) is 5.95 Å². The van der Waals surface area contributed by atoms with Gasteiger partial charge in [-0.25, -0.2) is 9.97 Å². The van der Waals surface area contributed by atoms with Crippen LogP contribution in [0.25, 0.3) is 16.9 Å². The van der Waals surface area contributed by atoms with Gasteiger partial charge in [0.25, 0.3) is 0 Å². The van der Waals surface area contributed by atoms with Crippen molar-refractivity contribution in [3.63, 3.8) is 0 Å². The molecule has 0 aliphatic rings. The van der Waals surface area contributed by atoms with E-state index in [1.54, 1.807) is 16.8 Å². The molecular weight excluding hydrogens is 316 g/mol. The molecule has 0 saturated heterocycles. The molecule has 1 aromatic carbocycles. The zero-order valence-electron chi connectivity index (χ0n) is 9.14. The first-order valence-electron chi connectivity index (χ1n) is 5.21. The van der Waals surface area contributed by atoms with Crippen LogP contribution in [0.1, 0.15) is 0 Å². The van der Waals surface area contributed by atoms with Gasteiger partial charge < -0.3 is 5.73 Å². The van der Waals surface area contributed by atoms with Gasteiger partial charge in [-0.3, -0.25) is 4.57 Å². The topological polar surface area (TPSA) is 56.7 Å². The molecule has 0 aliphatic carbocycles. The first-order valence-corrected chi connectivity index (χ1v) is 6.38. The lowest BCUT2D eigenvalue weighted by molar-refractivity contribution is 1.08. The monoisotopic (exact) mass is 322 g/mol.